The SMILES string of the molecule is CC1(C)OB(c2cc(N3CCOCC3)ncc2N)OC1(C)C. The first-order chi connectivity index (χ1) is 10.3. The highest BCUT2D eigenvalue weighted by Gasteiger charge is 2.52. The zero-order valence-corrected chi connectivity index (χ0v) is 13.8. The number of nitrogens with two attached hydrogens (primary N) is 1. The van der Waals surface area contributed by atoms with Crippen molar-refractivity contribution in [2.24, 2.45) is 0 Å². The summed E-state index contributed by atoms with van der Waals surface area (Å²) in [6, 6.07) is 1.98. The van der Waals surface area contributed by atoms with Crippen LogP contribution in [-0.2, 0) is 14.0 Å². The summed E-state index contributed by atoms with van der Waals surface area (Å²) in [4.78, 5) is 6.63. The fourth-order valence-electron chi connectivity index (χ4n) is 2.61. The van der Waals surface area contributed by atoms with E-state index in [1.807, 2.05) is 33.8 Å². The van der Waals surface area contributed by atoms with Crippen LogP contribution in [0.5, 0.6) is 0 Å². The van der Waals surface area contributed by atoms with Gasteiger partial charge in [0.25, 0.3) is 0 Å². The molecule has 0 spiro atoms. The Kier molecular flexibility index (Phi) is 3.83. The summed E-state index contributed by atoms with van der Waals surface area (Å²) in [5.41, 5.74) is 6.78. The van der Waals surface area contributed by atoms with Gasteiger partial charge in [-0.2, -0.15) is 0 Å². The second-order valence-electron chi connectivity index (χ2n) is 6.86. The summed E-state index contributed by atoms with van der Waals surface area (Å²) in [5.74, 6) is 0.891. The minimum absolute atomic E-state index is 0.382. The molecule has 1 aromatic rings. The molecule has 2 N–H and O–H groups in total. The Bertz CT molecular complexity index is 543. The van der Waals surface area contributed by atoms with Gasteiger partial charge < -0.3 is 24.7 Å². The number of aromatic nitrogens is 1. The van der Waals surface area contributed by atoms with Crippen molar-refractivity contribution in [1.29, 1.82) is 0 Å². The largest absolute Gasteiger partial charge is 0.497 e. The third kappa shape index (κ3) is 2.68. The number of anilines is 2. The number of nitrogen functional groups attached to an aromatic ring is 1. The predicted molar refractivity (Wildman–Crippen MR) is 87.4 cm³/mol. The second kappa shape index (κ2) is 5.40. The number of morpholine rings is 1. The van der Waals surface area contributed by atoms with Crippen molar-refractivity contribution in [2.45, 2.75) is 38.9 Å². The maximum absolute atomic E-state index is 6.11. The van der Waals surface area contributed by atoms with Crippen molar-refractivity contribution in [1.82, 2.24) is 4.98 Å². The lowest BCUT2D eigenvalue weighted by Crippen LogP contribution is -2.41. The molecule has 2 aliphatic rings. The van der Waals surface area contributed by atoms with Crippen LogP contribution in [0.3, 0.4) is 0 Å². The van der Waals surface area contributed by atoms with E-state index in [4.69, 9.17) is 19.8 Å². The molecule has 0 bridgehead atoms. The number of nitrogens with zero attached hydrogens (tertiary/aromatic N) is 2. The van der Waals surface area contributed by atoms with E-state index in [0.29, 0.717) is 5.69 Å². The van der Waals surface area contributed by atoms with Crippen LogP contribution >= 0.6 is 0 Å². The lowest BCUT2D eigenvalue weighted by atomic mass is 9.78. The molecule has 2 saturated heterocycles. The minimum atomic E-state index is -0.465. The molecule has 0 unspecified atom stereocenters. The van der Waals surface area contributed by atoms with Gasteiger partial charge in [0, 0.05) is 24.2 Å². The monoisotopic (exact) mass is 305 g/mol. The van der Waals surface area contributed by atoms with Gasteiger partial charge >= 0.3 is 7.12 Å². The summed E-state index contributed by atoms with van der Waals surface area (Å²) in [6.45, 7) is 11.2. The quantitative estimate of drug-likeness (QED) is 0.815. The van der Waals surface area contributed by atoms with E-state index in [9.17, 15) is 0 Å². The van der Waals surface area contributed by atoms with Gasteiger partial charge in [0.1, 0.15) is 5.82 Å². The maximum atomic E-state index is 6.11. The molecule has 1 aromatic heterocycles. The third-order valence-electron chi connectivity index (χ3n) is 4.80. The number of pyridine rings is 1. The van der Waals surface area contributed by atoms with E-state index in [1.54, 1.807) is 6.20 Å². The van der Waals surface area contributed by atoms with E-state index >= 15 is 0 Å². The Morgan fingerprint density at radius 1 is 1.14 bits per heavy atom. The molecule has 3 rings (SSSR count). The van der Waals surface area contributed by atoms with E-state index in [-0.39, 0.29) is 11.2 Å². The second-order valence-corrected chi connectivity index (χ2v) is 6.86. The fraction of sp³-hybridized carbons (Fsp3) is 0.667. The van der Waals surface area contributed by atoms with Crippen LogP contribution in [0.25, 0.3) is 0 Å². The molecular formula is C15H24BN3O3. The molecule has 0 aliphatic carbocycles. The number of hydrogen-bond acceptors (Lipinski definition) is 6. The van der Waals surface area contributed by atoms with Crippen LogP contribution in [0, 0.1) is 0 Å². The van der Waals surface area contributed by atoms with E-state index in [2.05, 4.69) is 9.88 Å². The van der Waals surface area contributed by atoms with Crippen LogP contribution < -0.4 is 16.1 Å². The van der Waals surface area contributed by atoms with Gasteiger partial charge in [-0.15, -0.1) is 0 Å². The van der Waals surface area contributed by atoms with Crippen molar-refractivity contribution >= 4 is 24.1 Å². The first-order valence-electron chi connectivity index (χ1n) is 7.74. The van der Waals surface area contributed by atoms with Gasteiger partial charge in [0.05, 0.1) is 30.6 Å². The zero-order valence-electron chi connectivity index (χ0n) is 13.8. The Balaban J connectivity index is 1.88. The number of rotatable bonds is 2. The Morgan fingerprint density at radius 2 is 1.73 bits per heavy atom. The smallest absolute Gasteiger partial charge is 0.399 e. The molecule has 0 aromatic carbocycles. The molecule has 6 nitrogen and oxygen atoms in total. The highest BCUT2D eigenvalue weighted by Crippen LogP contribution is 2.37. The minimum Gasteiger partial charge on any atom is -0.399 e. The molecule has 0 atom stereocenters. The highest BCUT2D eigenvalue weighted by atomic mass is 16.7. The Hall–Kier alpha value is -1.31. The average Bonchev–Trinajstić information content (AvgIpc) is 2.69. The summed E-state index contributed by atoms with van der Waals surface area (Å²) in [6.07, 6.45) is 1.69. The molecule has 3 heterocycles. The Labute approximate surface area is 132 Å². The van der Waals surface area contributed by atoms with E-state index in [1.165, 1.54) is 0 Å². The summed E-state index contributed by atoms with van der Waals surface area (Å²) in [5, 5.41) is 0. The molecule has 0 saturated carbocycles. The van der Waals surface area contributed by atoms with Crippen LogP contribution in [-0.4, -0.2) is 49.6 Å². The predicted octanol–water partition coefficient (Wildman–Crippen LogP) is 0.800. The van der Waals surface area contributed by atoms with Gasteiger partial charge in [-0.25, -0.2) is 4.98 Å². The van der Waals surface area contributed by atoms with Crippen molar-refractivity contribution < 1.29 is 14.0 Å². The topological polar surface area (TPSA) is 69.8 Å². The summed E-state index contributed by atoms with van der Waals surface area (Å²) >= 11 is 0. The lowest BCUT2D eigenvalue weighted by Gasteiger charge is -2.32. The zero-order chi connectivity index (χ0) is 16.0. The highest BCUT2D eigenvalue weighted by molar-refractivity contribution is 6.64. The van der Waals surface area contributed by atoms with Gasteiger partial charge in [-0.3, -0.25) is 0 Å². The van der Waals surface area contributed by atoms with Crippen molar-refractivity contribution in [3.63, 3.8) is 0 Å². The van der Waals surface area contributed by atoms with Crippen molar-refractivity contribution in [3.05, 3.63) is 12.3 Å². The third-order valence-corrected chi connectivity index (χ3v) is 4.80. The first-order valence-corrected chi connectivity index (χ1v) is 7.74. The van der Waals surface area contributed by atoms with Crippen LogP contribution in [0.1, 0.15) is 27.7 Å². The van der Waals surface area contributed by atoms with Crippen LogP contribution in [0.4, 0.5) is 11.5 Å². The van der Waals surface area contributed by atoms with Gasteiger partial charge in [-0.1, -0.05) is 0 Å². The normalized spacial score (nSPS) is 23.8. The van der Waals surface area contributed by atoms with Crippen molar-refractivity contribution in [3.8, 4) is 0 Å². The van der Waals surface area contributed by atoms with Crippen LogP contribution in [0.15, 0.2) is 12.3 Å². The maximum Gasteiger partial charge on any atom is 0.497 e. The molecule has 2 aliphatic heterocycles. The van der Waals surface area contributed by atoms with Gasteiger partial charge in [0.2, 0.25) is 0 Å². The van der Waals surface area contributed by atoms with Crippen molar-refractivity contribution in [2.75, 3.05) is 36.9 Å². The molecule has 2 fully saturated rings. The molecule has 0 radical (unpaired) electrons. The van der Waals surface area contributed by atoms with Gasteiger partial charge in [0.15, 0.2) is 0 Å². The number of ether oxygens (including phenoxy) is 1. The summed E-state index contributed by atoms with van der Waals surface area (Å²) < 4.78 is 17.6. The molecule has 22 heavy (non-hydrogen) atoms. The summed E-state index contributed by atoms with van der Waals surface area (Å²) in [7, 11) is -0.465. The van der Waals surface area contributed by atoms with Crippen LogP contribution in [0.2, 0.25) is 0 Å². The lowest BCUT2D eigenvalue weighted by molar-refractivity contribution is 0.00578. The standard InChI is InChI=1S/C15H24BN3O3/c1-14(2)15(3,4)22-16(21-14)11-9-13(18-10-12(11)17)19-5-7-20-8-6-19/h9-10H,5-8,17H2,1-4H3. The molecule has 0 amide bonds. The fourth-order valence-corrected chi connectivity index (χ4v) is 2.61. The Morgan fingerprint density at radius 3 is 2.32 bits per heavy atom. The number of hydrogen-bond donors (Lipinski definition) is 1. The van der Waals surface area contributed by atoms with E-state index in [0.717, 1.165) is 37.6 Å². The first kappa shape index (κ1) is 15.6. The molecular weight excluding hydrogens is 281 g/mol. The van der Waals surface area contributed by atoms with Gasteiger partial charge in [-0.05, 0) is 33.8 Å². The molecule has 7 heteroatoms. The van der Waals surface area contributed by atoms with E-state index < -0.39 is 7.12 Å². The molecule has 120 valence electrons. The average molecular weight is 305 g/mol.